The van der Waals surface area contributed by atoms with Gasteiger partial charge in [-0.3, -0.25) is 4.79 Å². The fraction of sp³-hybridized carbons (Fsp3) is 0.565. The molecule has 0 unspecified atom stereocenters. The van der Waals surface area contributed by atoms with Crippen LogP contribution in [0.1, 0.15) is 55.6 Å². The molecule has 1 fully saturated rings. The van der Waals surface area contributed by atoms with Crippen LogP contribution in [0, 0.1) is 0 Å². The molecule has 0 radical (unpaired) electrons. The van der Waals surface area contributed by atoms with Crippen molar-refractivity contribution in [3.05, 3.63) is 42.4 Å². The van der Waals surface area contributed by atoms with Crippen molar-refractivity contribution in [1.82, 2.24) is 14.9 Å². The van der Waals surface area contributed by atoms with E-state index in [9.17, 15) is 9.90 Å². The Morgan fingerprint density at radius 1 is 1.37 bits per heavy atom. The highest BCUT2D eigenvalue weighted by atomic mass is 32.2. The van der Waals surface area contributed by atoms with E-state index in [1.54, 1.807) is 18.1 Å². The third kappa shape index (κ3) is 5.25. The SMILES string of the molecule is CCNC(=O)c1ncn([C@H]2CCCC[C@]2(O)COCCCSC)c1-c1ccccc1. The highest BCUT2D eigenvalue weighted by Crippen LogP contribution is 2.41. The lowest BCUT2D eigenvalue weighted by atomic mass is 9.80. The Kier molecular flexibility index (Phi) is 8.36. The van der Waals surface area contributed by atoms with Gasteiger partial charge in [0.15, 0.2) is 5.69 Å². The van der Waals surface area contributed by atoms with Crippen LogP contribution in [0.3, 0.4) is 0 Å². The Morgan fingerprint density at radius 2 is 2.17 bits per heavy atom. The molecule has 6 nitrogen and oxygen atoms in total. The zero-order valence-electron chi connectivity index (χ0n) is 18.0. The van der Waals surface area contributed by atoms with Gasteiger partial charge in [0.25, 0.3) is 5.91 Å². The molecular weight excluding hydrogens is 398 g/mol. The van der Waals surface area contributed by atoms with Gasteiger partial charge in [0, 0.05) is 18.7 Å². The van der Waals surface area contributed by atoms with Gasteiger partial charge in [-0.15, -0.1) is 0 Å². The number of aromatic nitrogens is 2. The van der Waals surface area contributed by atoms with Crippen molar-refractivity contribution in [2.24, 2.45) is 0 Å². The first-order valence-electron chi connectivity index (χ1n) is 10.8. The lowest BCUT2D eigenvalue weighted by Crippen LogP contribution is -2.46. The maximum atomic E-state index is 12.7. The topological polar surface area (TPSA) is 76.4 Å². The Bertz CT molecular complexity index is 811. The number of imidazole rings is 1. The molecule has 1 aliphatic rings. The molecule has 1 saturated carbocycles. The molecule has 3 rings (SSSR count). The smallest absolute Gasteiger partial charge is 0.272 e. The van der Waals surface area contributed by atoms with Crippen LogP contribution in [0.25, 0.3) is 11.3 Å². The summed E-state index contributed by atoms with van der Waals surface area (Å²) in [4.78, 5) is 17.2. The van der Waals surface area contributed by atoms with Crippen molar-refractivity contribution < 1.29 is 14.6 Å². The molecule has 0 spiro atoms. The van der Waals surface area contributed by atoms with E-state index >= 15 is 0 Å². The number of rotatable bonds is 10. The van der Waals surface area contributed by atoms with Gasteiger partial charge >= 0.3 is 0 Å². The summed E-state index contributed by atoms with van der Waals surface area (Å²) in [5.41, 5.74) is 1.11. The monoisotopic (exact) mass is 431 g/mol. The quantitative estimate of drug-likeness (QED) is 0.558. The van der Waals surface area contributed by atoms with Crippen molar-refractivity contribution in [2.45, 2.75) is 50.7 Å². The van der Waals surface area contributed by atoms with Crippen LogP contribution in [0.2, 0.25) is 0 Å². The molecule has 0 aliphatic heterocycles. The second-order valence-electron chi connectivity index (χ2n) is 7.84. The normalized spacial score (nSPS) is 21.5. The maximum absolute atomic E-state index is 12.7. The van der Waals surface area contributed by atoms with E-state index in [2.05, 4.69) is 16.6 Å². The van der Waals surface area contributed by atoms with Crippen LogP contribution < -0.4 is 5.32 Å². The second kappa shape index (κ2) is 11.0. The predicted octanol–water partition coefficient (Wildman–Crippen LogP) is 3.92. The zero-order valence-corrected chi connectivity index (χ0v) is 18.8. The van der Waals surface area contributed by atoms with Gasteiger partial charge in [-0.25, -0.2) is 4.98 Å². The highest BCUT2D eigenvalue weighted by Gasteiger charge is 2.42. The predicted molar refractivity (Wildman–Crippen MR) is 122 cm³/mol. The molecule has 1 aromatic carbocycles. The third-order valence-corrected chi connectivity index (χ3v) is 6.37. The number of hydrogen-bond acceptors (Lipinski definition) is 5. The fourth-order valence-electron chi connectivity index (χ4n) is 4.21. The van der Waals surface area contributed by atoms with Crippen molar-refractivity contribution in [2.75, 3.05) is 31.8 Å². The molecule has 1 amide bonds. The lowest BCUT2D eigenvalue weighted by molar-refractivity contribution is -0.0989. The number of ether oxygens (including phenoxy) is 1. The summed E-state index contributed by atoms with van der Waals surface area (Å²) in [6.07, 6.45) is 8.28. The molecule has 2 atom stereocenters. The maximum Gasteiger partial charge on any atom is 0.272 e. The van der Waals surface area contributed by atoms with Crippen molar-refractivity contribution in [1.29, 1.82) is 0 Å². The van der Waals surface area contributed by atoms with Gasteiger partial charge in [-0.2, -0.15) is 11.8 Å². The van der Waals surface area contributed by atoms with E-state index in [0.717, 1.165) is 42.7 Å². The third-order valence-electron chi connectivity index (χ3n) is 5.68. The van der Waals surface area contributed by atoms with Crippen LogP contribution in [0.4, 0.5) is 0 Å². The van der Waals surface area contributed by atoms with E-state index in [-0.39, 0.29) is 11.9 Å². The zero-order chi connectivity index (χ0) is 21.4. The van der Waals surface area contributed by atoms with Crippen LogP contribution in [0.5, 0.6) is 0 Å². The Labute approximate surface area is 183 Å². The number of carbonyl (C=O) groups is 1. The van der Waals surface area contributed by atoms with Crippen LogP contribution in [-0.4, -0.2) is 57.9 Å². The van der Waals surface area contributed by atoms with E-state index < -0.39 is 5.60 Å². The molecule has 0 bridgehead atoms. The van der Waals surface area contributed by atoms with E-state index in [1.807, 2.05) is 41.8 Å². The van der Waals surface area contributed by atoms with E-state index in [4.69, 9.17) is 4.74 Å². The molecular formula is C23H33N3O3S. The van der Waals surface area contributed by atoms with E-state index in [0.29, 0.717) is 31.9 Å². The summed E-state index contributed by atoms with van der Waals surface area (Å²) in [5, 5.41) is 14.4. The Morgan fingerprint density at radius 3 is 2.90 bits per heavy atom. The first kappa shape index (κ1) is 22.8. The first-order valence-corrected chi connectivity index (χ1v) is 12.2. The number of nitrogens with zero attached hydrogens (tertiary/aromatic N) is 2. The largest absolute Gasteiger partial charge is 0.385 e. The Balaban J connectivity index is 1.93. The first-order chi connectivity index (χ1) is 14.6. The minimum Gasteiger partial charge on any atom is -0.385 e. The number of nitrogens with one attached hydrogen (secondary N) is 1. The summed E-state index contributed by atoms with van der Waals surface area (Å²) in [6.45, 7) is 3.38. The summed E-state index contributed by atoms with van der Waals surface area (Å²) < 4.78 is 7.90. The summed E-state index contributed by atoms with van der Waals surface area (Å²) in [7, 11) is 0. The Hall–Kier alpha value is -1.83. The van der Waals surface area contributed by atoms with Crippen molar-refractivity contribution in [3.8, 4) is 11.3 Å². The molecule has 7 heteroatoms. The average Bonchev–Trinajstić information content (AvgIpc) is 3.19. The fourth-order valence-corrected chi connectivity index (χ4v) is 4.62. The van der Waals surface area contributed by atoms with Gasteiger partial charge in [0.1, 0.15) is 5.60 Å². The number of thioether (sulfide) groups is 1. The highest BCUT2D eigenvalue weighted by molar-refractivity contribution is 7.98. The average molecular weight is 432 g/mol. The van der Waals surface area contributed by atoms with Crippen molar-refractivity contribution in [3.63, 3.8) is 0 Å². The van der Waals surface area contributed by atoms with Crippen LogP contribution in [-0.2, 0) is 4.74 Å². The standard InChI is InChI=1S/C23H33N3O3S/c1-3-24-22(27)20-21(18-10-5-4-6-11-18)26(17-25-20)19-12-7-8-13-23(19,28)16-29-14-9-15-30-2/h4-6,10-11,17,19,28H,3,7-9,12-16H2,1-2H3,(H,24,27)/t19-,23-/m0/s1. The number of benzene rings is 1. The molecule has 1 aromatic heterocycles. The number of hydrogen-bond donors (Lipinski definition) is 2. The molecule has 1 aliphatic carbocycles. The molecule has 164 valence electrons. The minimum atomic E-state index is -0.972. The van der Waals surface area contributed by atoms with Crippen LogP contribution in [0.15, 0.2) is 36.7 Å². The molecule has 30 heavy (non-hydrogen) atoms. The van der Waals surface area contributed by atoms with Gasteiger partial charge in [-0.1, -0.05) is 43.2 Å². The van der Waals surface area contributed by atoms with Gasteiger partial charge in [-0.05, 0) is 38.2 Å². The number of amides is 1. The van der Waals surface area contributed by atoms with Gasteiger partial charge in [0.2, 0.25) is 0 Å². The van der Waals surface area contributed by atoms with Gasteiger partial charge < -0.3 is 19.7 Å². The lowest BCUT2D eigenvalue weighted by Gasteiger charge is -2.41. The number of carbonyl (C=O) groups excluding carboxylic acids is 1. The molecule has 0 saturated heterocycles. The summed E-state index contributed by atoms with van der Waals surface area (Å²) in [5.74, 6) is 0.861. The summed E-state index contributed by atoms with van der Waals surface area (Å²) in [6, 6.07) is 9.65. The van der Waals surface area contributed by atoms with Gasteiger partial charge in [0.05, 0.1) is 24.7 Å². The second-order valence-corrected chi connectivity index (χ2v) is 8.82. The molecule has 1 heterocycles. The molecule has 2 aromatic rings. The van der Waals surface area contributed by atoms with Crippen molar-refractivity contribution >= 4 is 17.7 Å². The van der Waals surface area contributed by atoms with E-state index in [1.165, 1.54) is 0 Å². The molecule has 2 N–H and O–H groups in total. The van der Waals surface area contributed by atoms with Crippen LogP contribution >= 0.6 is 11.8 Å². The minimum absolute atomic E-state index is 0.183. The number of aliphatic hydroxyl groups is 1. The summed E-state index contributed by atoms with van der Waals surface area (Å²) >= 11 is 1.80.